The van der Waals surface area contributed by atoms with Crippen molar-refractivity contribution in [2.75, 3.05) is 6.61 Å². The van der Waals surface area contributed by atoms with Crippen LogP contribution in [0, 0.1) is 5.92 Å². The minimum atomic E-state index is -0.505. The van der Waals surface area contributed by atoms with Crippen molar-refractivity contribution >= 4 is 33.4 Å². The summed E-state index contributed by atoms with van der Waals surface area (Å²) in [5, 5.41) is 13.1. The summed E-state index contributed by atoms with van der Waals surface area (Å²) < 4.78 is 0.808. The van der Waals surface area contributed by atoms with Gasteiger partial charge in [-0.2, -0.15) is 0 Å². The zero-order valence-electron chi connectivity index (χ0n) is 11.5. The smallest absolute Gasteiger partial charge is 0.253 e. The lowest BCUT2D eigenvalue weighted by atomic mass is 9.77. The zero-order valence-corrected chi connectivity index (χ0v) is 13.8. The Labute approximate surface area is 132 Å². The lowest BCUT2D eigenvalue weighted by Crippen LogP contribution is -2.53. The van der Waals surface area contributed by atoms with Gasteiger partial charge in [0, 0.05) is 4.47 Å². The number of aliphatic hydroxyl groups excluding tert-OH is 1. The largest absolute Gasteiger partial charge is 0.394 e. The van der Waals surface area contributed by atoms with E-state index in [1.54, 1.807) is 18.2 Å². The van der Waals surface area contributed by atoms with Crippen molar-refractivity contribution in [2.24, 2.45) is 5.92 Å². The Morgan fingerprint density at radius 1 is 1.50 bits per heavy atom. The first kappa shape index (κ1) is 15.8. The maximum atomic E-state index is 12.4. The van der Waals surface area contributed by atoms with Gasteiger partial charge < -0.3 is 10.4 Å². The minimum absolute atomic E-state index is 0.0307. The van der Waals surface area contributed by atoms with Crippen LogP contribution in [0.5, 0.6) is 0 Å². The molecule has 1 amide bonds. The molecule has 0 bridgehead atoms. The topological polar surface area (TPSA) is 49.3 Å². The molecule has 20 heavy (non-hydrogen) atoms. The van der Waals surface area contributed by atoms with E-state index in [0.717, 1.165) is 30.2 Å². The third kappa shape index (κ3) is 3.54. The van der Waals surface area contributed by atoms with Gasteiger partial charge in [-0.3, -0.25) is 4.79 Å². The van der Waals surface area contributed by atoms with Gasteiger partial charge in [0.2, 0.25) is 0 Å². The van der Waals surface area contributed by atoms with Gasteiger partial charge in [0.1, 0.15) is 0 Å². The molecule has 5 heteroatoms. The maximum Gasteiger partial charge on any atom is 0.253 e. The molecule has 0 heterocycles. The van der Waals surface area contributed by atoms with Crippen LogP contribution in [0.4, 0.5) is 0 Å². The molecule has 0 saturated heterocycles. The third-order valence-electron chi connectivity index (χ3n) is 4.09. The normalized spacial score (nSPS) is 26.3. The van der Waals surface area contributed by atoms with E-state index in [1.165, 1.54) is 0 Å². The Morgan fingerprint density at radius 3 is 2.75 bits per heavy atom. The summed E-state index contributed by atoms with van der Waals surface area (Å²) in [6.07, 6.45) is 3.66. The van der Waals surface area contributed by atoms with Gasteiger partial charge in [-0.25, -0.2) is 0 Å². The number of carbonyl (C=O) groups excluding carboxylic acids is 1. The molecule has 110 valence electrons. The highest BCUT2D eigenvalue weighted by molar-refractivity contribution is 9.10. The van der Waals surface area contributed by atoms with Crippen molar-refractivity contribution in [1.82, 2.24) is 5.32 Å². The van der Waals surface area contributed by atoms with Crippen molar-refractivity contribution in [3.8, 4) is 0 Å². The number of rotatable bonds is 3. The highest BCUT2D eigenvalue weighted by Crippen LogP contribution is 2.32. The van der Waals surface area contributed by atoms with Crippen LogP contribution in [0.1, 0.15) is 43.0 Å². The molecule has 1 fully saturated rings. The average Bonchev–Trinajstić information content (AvgIpc) is 2.44. The molecule has 0 unspecified atom stereocenters. The average molecular weight is 361 g/mol. The summed E-state index contributed by atoms with van der Waals surface area (Å²) in [6.45, 7) is 2.17. The van der Waals surface area contributed by atoms with Crippen LogP contribution < -0.4 is 5.32 Å². The first-order chi connectivity index (χ1) is 9.46. The number of nitrogens with one attached hydrogen (secondary N) is 1. The summed E-state index contributed by atoms with van der Waals surface area (Å²) in [5.41, 5.74) is -0.0672. The van der Waals surface area contributed by atoms with Crippen molar-refractivity contribution in [3.05, 3.63) is 33.3 Å². The van der Waals surface area contributed by atoms with Crippen LogP contribution in [0.25, 0.3) is 0 Å². The molecule has 0 atom stereocenters. The van der Waals surface area contributed by atoms with E-state index in [1.807, 2.05) is 0 Å². The van der Waals surface area contributed by atoms with Crippen molar-refractivity contribution in [2.45, 2.75) is 38.1 Å². The second kappa shape index (κ2) is 6.46. The van der Waals surface area contributed by atoms with Crippen LogP contribution >= 0.6 is 27.5 Å². The highest BCUT2D eigenvalue weighted by Gasteiger charge is 2.35. The second-order valence-corrected chi connectivity index (χ2v) is 7.02. The molecule has 1 saturated carbocycles. The predicted molar refractivity (Wildman–Crippen MR) is 84.1 cm³/mol. The molecule has 1 aliphatic carbocycles. The molecule has 0 spiro atoms. The van der Waals surface area contributed by atoms with Gasteiger partial charge in [-0.05, 0) is 49.8 Å². The van der Waals surface area contributed by atoms with Crippen LogP contribution in [-0.4, -0.2) is 23.2 Å². The summed E-state index contributed by atoms with van der Waals surface area (Å²) in [7, 11) is 0. The van der Waals surface area contributed by atoms with Gasteiger partial charge in [-0.1, -0.05) is 34.5 Å². The second-order valence-electron chi connectivity index (χ2n) is 5.70. The monoisotopic (exact) mass is 359 g/mol. The lowest BCUT2D eigenvalue weighted by molar-refractivity contribution is 0.0717. The molecule has 2 rings (SSSR count). The first-order valence-electron chi connectivity index (χ1n) is 6.84. The molecule has 2 N–H and O–H groups in total. The fourth-order valence-electron chi connectivity index (χ4n) is 2.62. The van der Waals surface area contributed by atoms with E-state index >= 15 is 0 Å². The van der Waals surface area contributed by atoms with Crippen LogP contribution in [0.3, 0.4) is 0 Å². The van der Waals surface area contributed by atoms with Gasteiger partial charge in [0.05, 0.1) is 22.7 Å². The number of amides is 1. The van der Waals surface area contributed by atoms with E-state index in [-0.39, 0.29) is 12.5 Å². The van der Waals surface area contributed by atoms with Crippen LogP contribution in [0.2, 0.25) is 5.02 Å². The maximum absolute atomic E-state index is 12.4. The standard InChI is InChI=1S/C15H19BrClNO2/c1-10-4-6-15(9-19,7-5-10)18-14(20)12-8-11(16)2-3-13(12)17/h2-3,8,10,19H,4-7,9H2,1H3,(H,18,20). The molecule has 0 aliphatic heterocycles. The Bertz CT molecular complexity index is 499. The van der Waals surface area contributed by atoms with Crippen molar-refractivity contribution in [1.29, 1.82) is 0 Å². The number of halogens is 2. The molecule has 1 aromatic rings. The van der Waals surface area contributed by atoms with E-state index in [2.05, 4.69) is 28.2 Å². The molecule has 3 nitrogen and oxygen atoms in total. The molecule has 1 aromatic carbocycles. The van der Waals surface area contributed by atoms with E-state index < -0.39 is 5.54 Å². The Balaban J connectivity index is 2.15. The minimum Gasteiger partial charge on any atom is -0.394 e. The predicted octanol–water partition coefficient (Wildman–Crippen LogP) is 3.77. The van der Waals surface area contributed by atoms with E-state index in [9.17, 15) is 9.90 Å². The summed E-state index contributed by atoms with van der Waals surface area (Å²) in [5.74, 6) is 0.431. The zero-order chi connectivity index (χ0) is 14.8. The van der Waals surface area contributed by atoms with E-state index in [4.69, 9.17) is 11.6 Å². The molecule has 0 aromatic heterocycles. The van der Waals surface area contributed by atoms with Gasteiger partial charge in [-0.15, -0.1) is 0 Å². The molecular formula is C15H19BrClNO2. The first-order valence-corrected chi connectivity index (χ1v) is 8.01. The van der Waals surface area contributed by atoms with E-state index in [0.29, 0.717) is 16.5 Å². The fourth-order valence-corrected chi connectivity index (χ4v) is 3.18. The Kier molecular flexibility index (Phi) is 5.10. The molecule has 0 radical (unpaired) electrons. The van der Waals surface area contributed by atoms with Crippen molar-refractivity contribution in [3.63, 3.8) is 0 Å². The number of hydrogen-bond acceptors (Lipinski definition) is 2. The number of aliphatic hydroxyl groups is 1. The van der Waals surface area contributed by atoms with Gasteiger partial charge >= 0.3 is 0 Å². The van der Waals surface area contributed by atoms with Crippen LogP contribution in [0.15, 0.2) is 22.7 Å². The summed E-state index contributed by atoms with van der Waals surface area (Å²) in [6, 6.07) is 5.19. The summed E-state index contributed by atoms with van der Waals surface area (Å²) in [4.78, 5) is 12.4. The van der Waals surface area contributed by atoms with Gasteiger partial charge in [0.15, 0.2) is 0 Å². The Hall–Kier alpha value is -0.580. The number of benzene rings is 1. The fraction of sp³-hybridized carbons (Fsp3) is 0.533. The third-order valence-corrected chi connectivity index (χ3v) is 4.91. The highest BCUT2D eigenvalue weighted by atomic mass is 79.9. The molecular weight excluding hydrogens is 342 g/mol. The number of hydrogen-bond donors (Lipinski definition) is 2. The lowest BCUT2D eigenvalue weighted by Gasteiger charge is -2.38. The quantitative estimate of drug-likeness (QED) is 0.862. The molecule has 1 aliphatic rings. The number of carbonyl (C=O) groups is 1. The van der Waals surface area contributed by atoms with Gasteiger partial charge in [0.25, 0.3) is 5.91 Å². The Morgan fingerprint density at radius 2 is 2.15 bits per heavy atom. The SMILES string of the molecule is CC1CCC(CO)(NC(=O)c2cc(Br)ccc2Cl)CC1. The van der Waals surface area contributed by atoms with Crippen LogP contribution in [-0.2, 0) is 0 Å². The van der Waals surface area contributed by atoms with Crippen molar-refractivity contribution < 1.29 is 9.90 Å². The summed E-state index contributed by atoms with van der Waals surface area (Å²) >= 11 is 9.42.